The minimum atomic E-state index is 0.279. The molecule has 0 aromatic carbocycles. The van der Waals surface area contributed by atoms with Crippen molar-refractivity contribution in [1.29, 1.82) is 0 Å². The fourth-order valence-corrected chi connectivity index (χ4v) is 2.87. The quantitative estimate of drug-likeness (QED) is 0.293. The van der Waals surface area contributed by atoms with Crippen LogP contribution in [0.5, 0.6) is 0 Å². The Labute approximate surface area is 135 Å². The summed E-state index contributed by atoms with van der Waals surface area (Å²) in [5.41, 5.74) is 3.12. The van der Waals surface area contributed by atoms with Crippen molar-refractivity contribution in [3.63, 3.8) is 0 Å². The van der Waals surface area contributed by atoms with E-state index in [-0.39, 0.29) is 5.41 Å². The van der Waals surface area contributed by atoms with Crippen molar-refractivity contribution in [2.45, 2.75) is 80.1 Å². The summed E-state index contributed by atoms with van der Waals surface area (Å²) in [6.07, 6.45) is 11.8. The Hall–Kier alpha value is -0.715. The molecule has 0 amide bonds. The van der Waals surface area contributed by atoms with Gasteiger partial charge >= 0.3 is 0 Å². The lowest BCUT2D eigenvalue weighted by molar-refractivity contribution is 0.299. The van der Waals surface area contributed by atoms with E-state index >= 15 is 0 Å². The largest absolute Gasteiger partial charge is 0.175 e. The molecule has 0 rings (SSSR count). The van der Waals surface area contributed by atoms with Crippen LogP contribution >= 0.6 is 0 Å². The molecule has 0 N–H and O–H groups in total. The zero-order valence-corrected chi connectivity index (χ0v) is 15.3. The topological polar surface area (TPSA) is 0 Å². The van der Waals surface area contributed by atoms with Gasteiger partial charge in [0.2, 0.25) is 0 Å². The molecule has 21 heavy (non-hydrogen) atoms. The van der Waals surface area contributed by atoms with Crippen molar-refractivity contribution in [1.82, 2.24) is 0 Å². The van der Waals surface area contributed by atoms with Gasteiger partial charge in [0.05, 0.1) is 0 Å². The molecule has 0 aliphatic rings. The fraction of sp³-hybridized carbons (Fsp3) is 0.700. The molecule has 1 heteroatoms. The fourth-order valence-electron chi connectivity index (χ4n) is 2.87. The summed E-state index contributed by atoms with van der Waals surface area (Å²) in [6, 6.07) is 0. The lowest BCUT2D eigenvalue weighted by Gasteiger charge is -2.35. The molecule has 0 spiro atoms. The minimum Gasteiger partial charge on any atom is -0.121 e. The molecule has 1 radical (unpaired) electrons. The first-order chi connectivity index (χ1) is 9.91. The minimum absolute atomic E-state index is 0.279. The van der Waals surface area contributed by atoms with E-state index in [9.17, 15) is 0 Å². The van der Waals surface area contributed by atoms with Gasteiger partial charge in [0, 0.05) is 0 Å². The molecule has 0 saturated heterocycles. The van der Waals surface area contributed by atoms with Crippen molar-refractivity contribution in [3.05, 3.63) is 35.8 Å². The standard InChI is InChI=1S/C20H36B/c1-8-14-20(10-3,19(7)21-16-9-2)15-13-18(6)12-11-17(4)5/h9,12,16-17H,7-8,10-11,13-15H2,1-6H3/b16-9-,18-12+. The SMILES string of the molecule is C=C([B]/C=C\C)C(CC)(CCC)CC/C(C)=C/CC(C)C. The smallest absolute Gasteiger partial charge is 0.121 e. The summed E-state index contributed by atoms with van der Waals surface area (Å²) in [5, 5.41) is 0. The molecule has 1 atom stereocenters. The van der Waals surface area contributed by atoms with Gasteiger partial charge in [0.25, 0.3) is 0 Å². The zero-order chi connectivity index (χ0) is 16.3. The molecular formula is C20H36B. The lowest BCUT2D eigenvalue weighted by Crippen LogP contribution is -2.25. The van der Waals surface area contributed by atoms with Gasteiger partial charge in [0.15, 0.2) is 7.28 Å². The van der Waals surface area contributed by atoms with Crippen LogP contribution in [-0.4, -0.2) is 7.28 Å². The maximum absolute atomic E-state index is 4.38. The number of hydrogen-bond acceptors (Lipinski definition) is 0. The second kappa shape index (κ2) is 10.9. The van der Waals surface area contributed by atoms with E-state index in [4.69, 9.17) is 0 Å². The van der Waals surface area contributed by atoms with Crippen LogP contribution in [0, 0.1) is 11.3 Å². The van der Waals surface area contributed by atoms with Crippen molar-refractivity contribution >= 4 is 7.28 Å². The molecule has 0 nitrogen and oxygen atoms in total. The van der Waals surface area contributed by atoms with Crippen LogP contribution in [-0.2, 0) is 0 Å². The highest BCUT2D eigenvalue weighted by molar-refractivity contribution is 6.51. The molecule has 0 aliphatic heterocycles. The van der Waals surface area contributed by atoms with Crippen LogP contribution in [0.2, 0.25) is 0 Å². The first-order valence-corrected chi connectivity index (χ1v) is 8.72. The van der Waals surface area contributed by atoms with Crippen molar-refractivity contribution in [2.24, 2.45) is 11.3 Å². The summed E-state index contributed by atoms with van der Waals surface area (Å²) >= 11 is 0. The highest BCUT2D eigenvalue weighted by atomic mass is 14.3. The monoisotopic (exact) mass is 287 g/mol. The maximum atomic E-state index is 4.38. The molecule has 0 heterocycles. The molecule has 1 unspecified atom stereocenters. The van der Waals surface area contributed by atoms with E-state index in [0.29, 0.717) is 0 Å². The van der Waals surface area contributed by atoms with Gasteiger partial charge in [-0.3, -0.25) is 0 Å². The Bertz CT molecular complexity index is 349. The average molecular weight is 287 g/mol. The third-order valence-electron chi connectivity index (χ3n) is 4.51. The molecule has 0 aromatic rings. The molecule has 119 valence electrons. The van der Waals surface area contributed by atoms with E-state index in [0.717, 1.165) is 5.92 Å². The van der Waals surface area contributed by atoms with Crippen LogP contribution in [0.4, 0.5) is 0 Å². The maximum Gasteiger partial charge on any atom is 0.175 e. The van der Waals surface area contributed by atoms with Gasteiger partial charge in [-0.25, -0.2) is 0 Å². The number of rotatable bonds is 11. The normalized spacial score (nSPS) is 15.5. The Morgan fingerprint density at radius 2 is 1.90 bits per heavy atom. The molecule has 0 fully saturated rings. The second-order valence-corrected chi connectivity index (χ2v) is 6.78. The van der Waals surface area contributed by atoms with E-state index in [1.807, 2.05) is 0 Å². The Balaban J connectivity index is 4.82. The summed E-state index contributed by atoms with van der Waals surface area (Å²) in [5.74, 6) is 2.88. The molecular weight excluding hydrogens is 251 g/mol. The first kappa shape index (κ1) is 20.3. The summed E-state index contributed by atoms with van der Waals surface area (Å²) in [6.45, 7) is 17.9. The molecule has 0 aliphatic carbocycles. The van der Waals surface area contributed by atoms with E-state index in [1.165, 1.54) is 49.6 Å². The first-order valence-electron chi connectivity index (χ1n) is 8.72. The summed E-state index contributed by atoms with van der Waals surface area (Å²) in [7, 11) is 2.21. The molecule has 0 bridgehead atoms. The molecule has 0 aromatic heterocycles. The predicted molar refractivity (Wildman–Crippen MR) is 99.8 cm³/mol. The highest BCUT2D eigenvalue weighted by Crippen LogP contribution is 2.40. The van der Waals surface area contributed by atoms with Gasteiger partial charge in [-0.1, -0.05) is 45.8 Å². The van der Waals surface area contributed by atoms with Crippen LogP contribution in [0.25, 0.3) is 0 Å². The zero-order valence-electron chi connectivity index (χ0n) is 15.3. The van der Waals surface area contributed by atoms with E-state index in [2.05, 4.69) is 73.5 Å². The molecule has 0 saturated carbocycles. The van der Waals surface area contributed by atoms with Crippen LogP contribution < -0.4 is 0 Å². The van der Waals surface area contributed by atoms with Crippen LogP contribution in [0.3, 0.4) is 0 Å². The van der Waals surface area contributed by atoms with Crippen LogP contribution in [0.1, 0.15) is 80.1 Å². The van der Waals surface area contributed by atoms with Gasteiger partial charge in [0.1, 0.15) is 0 Å². The Morgan fingerprint density at radius 3 is 2.38 bits per heavy atom. The van der Waals surface area contributed by atoms with Crippen LogP contribution in [0.15, 0.2) is 35.8 Å². The predicted octanol–water partition coefficient (Wildman–Crippen LogP) is 6.71. The van der Waals surface area contributed by atoms with Gasteiger partial charge in [-0.15, -0.1) is 24.1 Å². The van der Waals surface area contributed by atoms with E-state index in [1.54, 1.807) is 0 Å². The third kappa shape index (κ3) is 7.74. The lowest BCUT2D eigenvalue weighted by atomic mass is 9.55. The van der Waals surface area contributed by atoms with Crippen molar-refractivity contribution in [2.75, 3.05) is 0 Å². The van der Waals surface area contributed by atoms with Gasteiger partial charge in [-0.2, -0.15) is 0 Å². The Kier molecular flexibility index (Phi) is 10.6. The average Bonchev–Trinajstić information content (AvgIpc) is 2.46. The summed E-state index contributed by atoms with van der Waals surface area (Å²) in [4.78, 5) is 0. The van der Waals surface area contributed by atoms with Gasteiger partial charge in [-0.05, 0) is 57.3 Å². The van der Waals surface area contributed by atoms with E-state index < -0.39 is 0 Å². The Morgan fingerprint density at radius 1 is 1.24 bits per heavy atom. The highest BCUT2D eigenvalue weighted by Gasteiger charge is 2.29. The van der Waals surface area contributed by atoms with Crippen molar-refractivity contribution < 1.29 is 0 Å². The number of allylic oxidation sites excluding steroid dienone is 4. The second-order valence-electron chi connectivity index (χ2n) is 6.78. The third-order valence-corrected chi connectivity index (χ3v) is 4.51. The van der Waals surface area contributed by atoms with Gasteiger partial charge < -0.3 is 0 Å². The van der Waals surface area contributed by atoms with Crippen molar-refractivity contribution in [3.8, 4) is 0 Å². The summed E-state index contributed by atoms with van der Waals surface area (Å²) < 4.78 is 0. The number of hydrogen-bond donors (Lipinski definition) is 0.